The van der Waals surface area contributed by atoms with E-state index in [1.807, 2.05) is 5.92 Å². The maximum Gasteiger partial charge on any atom is 0.270 e. The molecule has 6 N–H and O–H groups in total. The van der Waals surface area contributed by atoms with Crippen LogP contribution in [0.5, 0.6) is 5.75 Å². The van der Waals surface area contributed by atoms with Crippen LogP contribution in [0.1, 0.15) is 13.8 Å². The van der Waals surface area contributed by atoms with Gasteiger partial charge in [0, 0.05) is 67.8 Å². The number of sulfonamides is 3. The van der Waals surface area contributed by atoms with Gasteiger partial charge in [-0.1, -0.05) is 12.1 Å². The molecule has 32 heteroatoms. The molecule has 5 aromatic carbocycles. The number of ether oxygens (including phenoxy) is 1. The average molecular weight is 1090 g/mol. The van der Waals surface area contributed by atoms with Crippen molar-refractivity contribution in [2.75, 3.05) is 23.1 Å². The summed E-state index contributed by atoms with van der Waals surface area (Å²) in [6, 6.07) is 22.0. The van der Waals surface area contributed by atoms with Crippen molar-refractivity contribution in [1.29, 1.82) is 0 Å². The number of nitro groups is 4. The number of non-ortho nitro benzene ring substituents is 3. The molecule has 0 fully saturated rings. The van der Waals surface area contributed by atoms with Crippen molar-refractivity contribution in [1.82, 2.24) is 9.44 Å². The van der Waals surface area contributed by atoms with Gasteiger partial charge in [-0.25, -0.2) is 34.7 Å². The third-order valence-electron chi connectivity index (χ3n) is 8.11. The van der Waals surface area contributed by atoms with Crippen molar-refractivity contribution in [3.05, 3.63) is 156 Å². The predicted molar refractivity (Wildman–Crippen MR) is 244 cm³/mol. The molecule has 0 saturated carbocycles. The van der Waals surface area contributed by atoms with Crippen LogP contribution in [0.25, 0.3) is 0 Å². The van der Waals surface area contributed by atoms with Crippen LogP contribution in [0.4, 0.5) is 34.1 Å². The molecule has 0 aromatic heterocycles. The van der Waals surface area contributed by atoms with Gasteiger partial charge < -0.3 is 5.32 Å². The molecule has 70 heavy (non-hydrogen) atoms. The van der Waals surface area contributed by atoms with E-state index in [2.05, 4.69) is 30.1 Å². The number of hydrogen-bond acceptors (Lipinski definition) is 18. The van der Waals surface area contributed by atoms with Crippen molar-refractivity contribution in [3.63, 3.8) is 0 Å². The van der Waals surface area contributed by atoms with Gasteiger partial charge in [0.2, 0.25) is 26.0 Å². The molecule has 0 radical (unpaired) electrons. The second kappa shape index (κ2) is 24.4. The monoisotopic (exact) mass is 1090 g/mol. The van der Waals surface area contributed by atoms with E-state index in [9.17, 15) is 79.0 Å². The number of hydrogen-bond donors (Lipinski definition) is 6. The summed E-state index contributed by atoms with van der Waals surface area (Å²) in [5, 5.41) is 45.3. The molecule has 1 amide bonds. The normalized spacial score (nSPS) is 11.1. The minimum absolute atomic E-state index is 0.00459. The zero-order valence-corrected chi connectivity index (χ0v) is 39.9. The van der Waals surface area contributed by atoms with E-state index in [0.29, 0.717) is 11.8 Å². The molecule has 5 rings (SSSR count). The third-order valence-corrected chi connectivity index (χ3v) is 14.4. The fraction of sp³-hybridized carbons (Fsp3) is 0.105. The van der Waals surface area contributed by atoms with Crippen molar-refractivity contribution < 1.29 is 71.2 Å². The van der Waals surface area contributed by atoms with E-state index in [4.69, 9.17) is 8.19 Å². The molecule has 0 aliphatic heterocycles. The fourth-order valence-electron chi connectivity index (χ4n) is 5.00. The quantitative estimate of drug-likeness (QED) is 0.0114. The minimum Gasteiger partial charge on any atom is -0.326 e. The van der Waals surface area contributed by atoms with Gasteiger partial charge in [-0.2, -0.15) is 0 Å². The molecule has 0 saturated heterocycles. The summed E-state index contributed by atoms with van der Waals surface area (Å²) >= 11 is -5.25. The standard InChI is InChI=1S/C14H14N4O8S2.C14H13N3O5S.C10H8AsNO7/c19-17(20)11-3-1-5-13(9-11)27(23,24)15-7-8-16-28(25,26)14-6-2-4-12(10-14)18(21)22;1-10(18)15-11-4-8-14(9-5-11)23(21,22)16-12-2-6-13(7-3-12)17(19)20;1-2-3-10(13)19-9-5-4-7(11(14,15)16)6-8(9)12(17)18/h1-6,9-10,15-16H,7-8H2;2-9,16H,1H3,(H,15,18);4-6H,1H3,(H2,14,15,16). The zero-order chi connectivity index (χ0) is 52.6. The number of amides is 1. The topological polar surface area (TPSA) is 424 Å². The smallest absolute Gasteiger partial charge is 0.270 e. The SMILES string of the molecule is CC#CC(=O)Oc1ccc([As](=O)(O)O)cc1[N+](=O)[O-].CC(=O)Nc1ccc(S(=O)(=O)Nc2ccc([N+](=O)[O-])cc2)cc1.O=[N+]([O-])c1cccc(S(=O)(=O)NCCNS(=O)(=O)c2cccc([N+](=O)[O-])c2)c1. The van der Waals surface area contributed by atoms with E-state index in [1.165, 1.54) is 74.5 Å². The zero-order valence-electron chi connectivity index (χ0n) is 35.6. The Kier molecular flexibility index (Phi) is 19.6. The molecule has 0 bridgehead atoms. The Bertz CT molecular complexity index is 3180. The first kappa shape index (κ1) is 56.4. The summed E-state index contributed by atoms with van der Waals surface area (Å²) in [5.74, 6) is 2.59. The number of anilines is 2. The van der Waals surface area contributed by atoms with E-state index in [-0.39, 0.29) is 45.1 Å². The predicted octanol–water partition coefficient (Wildman–Crippen LogP) is 2.20. The van der Waals surface area contributed by atoms with Crippen LogP contribution in [0.15, 0.2) is 130 Å². The first-order valence-corrected chi connectivity index (χ1v) is 26.5. The molecule has 5 aromatic rings. The Morgan fingerprint density at radius 2 is 1.09 bits per heavy atom. The van der Waals surface area contributed by atoms with Crippen molar-refractivity contribution >= 4 is 94.6 Å². The molecule has 28 nitrogen and oxygen atoms in total. The average Bonchev–Trinajstić information content (AvgIpc) is 3.28. The van der Waals surface area contributed by atoms with Gasteiger partial charge >= 0.3 is 109 Å². The van der Waals surface area contributed by atoms with Crippen molar-refractivity contribution in [3.8, 4) is 17.6 Å². The van der Waals surface area contributed by atoms with Gasteiger partial charge in [0.15, 0.2) is 0 Å². The summed E-state index contributed by atoms with van der Waals surface area (Å²) in [4.78, 5) is 61.2. The van der Waals surface area contributed by atoms with E-state index in [0.717, 1.165) is 48.5 Å². The van der Waals surface area contributed by atoms with E-state index < -0.39 is 97.1 Å². The van der Waals surface area contributed by atoms with E-state index in [1.54, 1.807) is 0 Å². The molecule has 0 spiro atoms. The fourth-order valence-corrected chi connectivity index (χ4v) is 9.37. The van der Waals surface area contributed by atoms with Crippen LogP contribution in [-0.2, 0) is 43.4 Å². The number of carbonyl (C=O) groups is 2. The molecule has 0 aliphatic rings. The minimum atomic E-state index is -5.25. The van der Waals surface area contributed by atoms with Crippen LogP contribution in [0.2, 0.25) is 0 Å². The number of nitrogens with zero attached hydrogens (tertiary/aromatic N) is 4. The van der Waals surface area contributed by atoms with Gasteiger partial charge in [0.1, 0.15) is 0 Å². The summed E-state index contributed by atoms with van der Waals surface area (Å²) in [5.41, 5.74) is -0.974. The molecule has 0 aliphatic carbocycles. The number of nitrogens with one attached hydrogen (secondary N) is 4. The summed E-state index contributed by atoms with van der Waals surface area (Å²) in [6.07, 6.45) is 0. The van der Waals surface area contributed by atoms with Crippen LogP contribution in [-0.4, -0.2) is 92.3 Å². The number of carbonyl (C=O) groups excluding carboxylic acids is 2. The summed E-state index contributed by atoms with van der Waals surface area (Å²) < 4.78 is 113. The molecular weight excluding hydrogens is 1060 g/mol. The van der Waals surface area contributed by atoms with Crippen molar-refractivity contribution in [2.45, 2.75) is 28.5 Å². The molecular formula is C38H35AsN8O20S3. The number of benzene rings is 5. The number of esters is 1. The van der Waals surface area contributed by atoms with Gasteiger partial charge in [0.05, 0.1) is 29.5 Å². The molecule has 0 atom stereocenters. The van der Waals surface area contributed by atoms with Crippen molar-refractivity contribution in [2.24, 2.45) is 0 Å². The number of nitro benzene ring substituents is 4. The Balaban J connectivity index is 0.000000283. The van der Waals surface area contributed by atoms with Crippen LogP contribution >= 0.6 is 0 Å². The summed E-state index contributed by atoms with van der Waals surface area (Å²) in [6.45, 7) is 2.04. The van der Waals surface area contributed by atoms with Crippen LogP contribution in [0.3, 0.4) is 0 Å². The maximum atomic E-state index is 12.2. The first-order valence-electron chi connectivity index (χ1n) is 18.7. The van der Waals surface area contributed by atoms with Gasteiger partial charge in [0.25, 0.3) is 27.1 Å². The van der Waals surface area contributed by atoms with Gasteiger partial charge in [-0.15, -0.1) is 0 Å². The third kappa shape index (κ3) is 17.3. The largest absolute Gasteiger partial charge is 0.326 e. The van der Waals surface area contributed by atoms with Crippen LogP contribution < -0.4 is 28.6 Å². The van der Waals surface area contributed by atoms with Gasteiger partial charge in [-0.05, 0) is 48.5 Å². The molecule has 370 valence electrons. The van der Waals surface area contributed by atoms with E-state index >= 15 is 0 Å². The Morgan fingerprint density at radius 3 is 1.50 bits per heavy atom. The Labute approximate surface area is 398 Å². The van der Waals surface area contributed by atoms with Gasteiger partial charge in [-0.3, -0.25) is 39.9 Å². The summed E-state index contributed by atoms with van der Waals surface area (Å²) in [7, 11) is -12.0. The molecule has 0 unspecified atom stereocenters. The van der Waals surface area contributed by atoms with Crippen LogP contribution in [0, 0.1) is 52.3 Å². The second-order valence-electron chi connectivity index (χ2n) is 13.1. The Hall–Kier alpha value is -7.95. The Morgan fingerprint density at radius 1 is 0.614 bits per heavy atom. The second-order valence-corrected chi connectivity index (χ2v) is 21.7. The first-order chi connectivity index (χ1) is 32.6. The number of rotatable bonds is 17. The molecule has 0 heterocycles. The maximum absolute atomic E-state index is 12.2.